The van der Waals surface area contributed by atoms with E-state index < -0.39 is 63.9 Å². The van der Waals surface area contributed by atoms with Crippen LogP contribution in [0.4, 0.5) is 4.39 Å². The highest BCUT2D eigenvalue weighted by atomic mass is 19.1. The average molecular weight is 442 g/mol. The van der Waals surface area contributed by atoms with Gasteiger partial charge in [0.25, 0.3) is 0 Å². The van der Waals surface area contributed by atoms with Crippen LogP contribution in [-0.2, 0) is 17.6 Å². The van der Waals surface area contributed by atoms with Crippen LogP contribution < -0.4 is 0 Å². The minimum absolute atomic E-state index is 0.229. The summed E-state index contributed by atoms with van der Waals surface area (Å²) in [6.07, 6.45) is -0.294. The van der Waals surface area contributed by atoms with E-state index in [9.17, 15) is 39.8 Å². The summed E-state index contributed by atoms with van der Waals surface area (Å²) in [4.78, 5) is 12.7. The van der Waals surface area contributed by atoms with Crippen molar-refractivity contribution in [3.8, 4) is 34.5 Å². The lowest BCUT2D eigenvalue weighted by molar-refractivity contribution is 0.0209. The third-order valence-corrected chi connectivity index (χ3v) is 5.62. The van der Waals surface area contributed by atoms with E-state index in [1.54, 1.807) is 0 Å². The summed E-state index contributed by atoms with van der Waals surface area (Å²) in [6.45, 7) is 0. The van der Waals surface area contributed by atoms with Crippen molar-refractivity contribution in [1.29, 1.82) is 0 Å². The first-order valence-electron chi connectivity index (χ1n) is 9.63. The monoisotopic (exact) mass is 442 g/mol. The maximum absolute atomic E-state index is 14.3. The largest absolute Gasteiger partial charge is 0.504 e. The van der Waals surface area contributed by atoms with Gasteiger partial charge in [0.15, 0.2) is 34.6 Å². The fraction of sp³-hybridized carbons (Fsp3) is 0.174. The SMILES string of the molecule is O=C(O[C@@H]1Cc2ccccc2C[C@H]1c1cc(O)c(O)c(O)c1)c1cc(O)c(O)c(O)c1F. The number of carbonyl (C=O) groups is 1. The van der Waals surface area contributed by atoms with Crippen LogP contribution in [0.15, 0.2) is 42.5 Å². The molecule has 9 heteroatoms. The second-order valence-corrected chi connectivity index (χ2v) is 7.59. The molecule has 1 aliphatic rings. The Bertz CT molecular complexity index is 1200. The molecular formula is C23H19FO8. The number of fused-ring (bicyclic) bond motifs is 1. The molecule has 0 fully saturated rings. The standard InChI is InChI=1S/C23H19FO8/c24-19-14(9-17(27)21(29)22(19)30)23(31)32-18-8-11-4-2-1-3-10(11)5-13(18)12-6-15(25)20(28)16(26)7-12/h1-4,6-7,9,13,18,25-30H,5,8H2/t13-,18+/m0/s1. The van der Waals surface area contributed by atoms with Crippen LogP contribution >= 0.6 is 0 Å². The maximum Gasteiger partial charge on any atom is 0.341 e. The number of phenolic OH excluding ortho intramolecular Hbond substituents is 6. The van der Waals surface area contributed by atoms with Gasteiger partial charge in [-0.25, -0.2) is 9.18 Å². The van der Waals surface area contributed by atoms with Crippen molar-refractivity contribution in [2.45, 2.75) is 24.9 Å². The molecule has 4 rings (SSSR count). The number of aromatic hydroxyl groups is 6. The zero-order chi connectivity index (χ0) is 23.2. The Balaban J connectivity index is 1.73. The Morgan fingerprint density at radius 1 is 0.812 bits per heavy atom. The molecule has 3 aromatic rings. The zero-order valence-electron chi connectivity index (χ0n) is 16.5. The van der Waals surface area contributed by atoms with E-state index in [-0.39, 0.29) is 6.42 Å². The summed E-state index contributed by atoms with van der Waals surface area (Å²) in [5.41, 5.74) is 1.43. The normalized spacial score (nSPS) is 17.5. The predicted molar refractivity (Wildman–Crippen MR) is 109 cm³/mol. The van der Waals surface area contributed by atoms with Crippen LogP contribution in [0.3, 0.4) is 0 Å². The van der Waals surface area contributed by atoms with E-state index in [2.05, 4.69) is 0 Å². The topological polar surface area (TPSA) is 148 Å². The Morgan fingerprint density at radius 2 is 1.38 bits per heavy atom. The Morgan fingerprint density at radius 3 is 2.00 bits per heavy atom. The van der Waals surface area contributed by atoms with E-state index >= 15 is 0 Å². The number of halogens is 1. The number of esters is 1. The zero-order valence-corrected chi connectivity index (χ0v) is 16.5. The molecule has 0 unspecified atom stereocenters. The summed E-state index contributed by atoms with van der Waals surface area (Å²) in [5, 5.41) is 58.2. The second kappa shape index (κ2) is 7.84. The van der Waals surface area contributed by atoms with Gasteiger partial charge in [-0.1, -0.05) is 24.3 Å². The van der Waals surface area contributed by atoms with Crippen LogP contribution in [0.2, 0.25) is 0 Å². The molecule has 0 aromatic heterocycles. The molecular weight excluding hydrogens is 423 g/mol. The number of phenols is 6. The van der Waals surface area contributed by atoms with E-state index in [1.165, 1.54) is 12.1 Å². The highest BCUT2D eigenvalue weighted by Gasteiger charge is 2.35. The van der Waals surface area contributed by atoms with Crippen LogP contribution in [0.25, 0.3) is 0 Å². The lowest BCUT2D eigenvalue weighted by Gasteiger charge is -2.33. The van der Waals surface area contributed by atoms with Gasteiger partial charge in [-0.2, -0.15) is 0 Å². The van der Waals surface area contributed by atoms with Crippen molar-refractivity contribution in [3.63, 3.8) is 0 Å². The van der Waals surface area contributed by atoms with Gasteiger partial charge >= 0.3 is 5.97 Å². The van der Waals surface area contributed by atoms with Gasteiger partial charge in [0.2, 0.25) is 5.75 Å². The minimum atomic E-state index is -1.45. The molecule has 0 saturated carbocycles. The Hall–Kier alpha value is -4.14. The first-order chi connectivity index (χ1) is 15.2. The Labute approximate surface area is 181 Å². The lowest BCUT2D eigenvalue weighted by Crippen LogP contribution is -2.33. The minimum Gasteiger partial charge on any atom is -0.504 e. The quantitative estimate of drug-likeness (QED) is 0.268. The van der Waals surface area contributed by atoms with Crippen molar-refractivity contribution in [1.82, 2.24) is 0 Å². The van der Waals surface area contributed by atoms with E-state index in [0.717, 1.165) is 11.1 Å². The van der Waals surface area contributed by atoms with E-state index in [0.29, 0.717) is 18.1 Å². The Kier molecular flexibility index (Phi) is 5.17. The maximum atomic E-state index is 14.3. The van der Waals surface area contributed by atoms with Gasteiger partial charge in [-0.15, -0.1) is 0 Å². The van der Waals surface area contributed by atoms with Gasteiger partial charge in [0.05, 0.1) is 0 Å². The predicted octanol–water partition coefficient (Wildman–Crippen LogP) is 3.17. The number of carbonyl (C=O) groups excluding carboxylic acids is 1. The van der Waals surface area contributed by atoms with Gasteiger partial charge in [0, 0.05) is 18.4 Å². The molecule has 1 aliphatic carbocycles. The summed E-state index contributed by atoms with van der Waals surface area (Å²) < 4.78 is 19.9. The molecule has 0 radical (unpaired) electrons. The molecule has 3 aromatic carbocycles. The number of hydrogen-bond acceptors (Lipinski definition) is 8. The van der Waals surface area contributed by atoms with Gasteiger partial charge < -0.3 is 35.4 Å². The summed E-state index contributed by atoms with van der Waals surface area (Å²) in [6, 6.07) is 10.5. The van der Waals surface area contributed by atoms with Crippen molar-refractivity contribution >= 4 is 5.97 Å². The molecule has 166 valence electrons. The average Bonchev–Trinajstić information content (AvgIpc) is 2.77. The third kappa shape index (κ3) is 3.58. The fourth-order valence-electron chi connectivity index (χ4n) is 3.95. The highest BCUT2D eigenvalue weighted by Crippen LogP contribution is 2.43. The van der Waals surface area contributed by atoms with Crippen molar-refractivity contribution < 1.29 is 44.6 Å². The number of benzene rings is 3. The molecule has 8 nitrogen and oxygen atoms in total. The lowest BCUT2D eigenvalue weighted by atomic mass is 9.78. The number of rotatable bonds is 3. The molecule has 0 aliphatic heterocycles. The highest BCUT2D eigenvalue weighted by molar-refractivity contribution is 5.91. The van der Waals surface area contributed by atoms with Crippen LogP contribution in [0, 0.1) is 5.82 Å². The van der Waals surface area contributed by atoms with Crippen molar-refractivity contribution in [2.75, 3.05) is 0 Å². The molecule has 6 N–H and O–H groups in total. The van der Waals surface area contributed by atoms with E-state index in [1.807, 2.05) is 24.3 Å². The first kappa shape index (κ1) is 21.1. The summed E-state index contributed by atoms with van der Waals surface area (Å²) in [5.74, 6) is -8.27. The molecule has 32 heavy (non-hydrogen) atoms. The van der Waals surface area contributed by atoms with Gasteiger partial charge in [-0.05, 0) is 35.2 Å². The van der Waals surface area contributed by atoms with E-state index in [4.69, 9.17) is 4.74 Å². The van der Waals surface area contributed by atoms with Crippen LogP contribution in [0.1, 0.15) is 33.0 Å². The number of ether oxygens (including phenoxy) is 1. The second-order valence-electron chi connectivity index (χ2n) is 7.59. The summed E-state index contributed by atoms with van der Waals surface area (Å²) in [7, 11) is 0. The van der Waals surface area contributed by atoms with Crippen LogP contribution in [0.5, 0.6) is 34.5 Å². The fourth-order valence-corrected chi connectivity index (χ4v) is 3.95. The smallest absolute Gasteiger partial charge is 0.341 e. The molecule has 0 heterocycles. The van der Waals surface area contributed by atoms with Crippen molar-refractivity contribution in [2.24, 2.45) is 0 Å². The molecule has 0 bridgehead atoms. The molecule has 0 saturated heterocycles. The van der Waals surface area contributed by atoms with Gasteiger partial charge in [-0.3, -0.25) is 0 Å². The van der Waals surface area contributed by atoms with Crippen molar-refractivity contribution in [3.05, 3.63) is 70.5 Å². The van der Waals surface area contributed by atoms with Crippen LogP contribution in [-0.4, -0.2) is 42.7 Å². The van der Waals surface area contributed by atoms with Gasteiger partial charge in [0.1, 0.15) is 11.7 Å². The number of hydrogen-bond donors (Lipinski definition) is 6. The summed E-state index contributed by atoms with van der Waals surface area (Å²) >= 11 is 0. The third-order valence-electron chi connectivity index (χ3n) is 5.62. The molecule has 2 atom stereocenters. The first-order valence-corrected chi connectivity index (χ1v) is 9.63. The molecule has 0 amide bonds. The molecule has 0 spiro atoms.